The molecule has 3 aromatic carbocycles. The Balaban J connectivity index is 1.67. The minimum absolute atomic E-state index is 0.431. The molecular formula is C26H22BrN3O2. The van der Waals surface area contributed by atoms with Crippen molar-refractivity contribution in [3.8, 4) is 17.6 Å². The van der Waals surface area contributed by atoms with Crippen LogP contribution in [0, 0.1) is 18.3 Å². The number of hydrogen-bond acceptors (Lipinski definition) is 4. The summed E-state index contributed by atoms with van der Waals surface area (Å²) in [6, 6.07) is 21.9. The molecule has 0 aliphatic rings. The number of allylic oxidation sites excluding steroid dienone is 1. The SMILES string of the molecule is CCOc1cc(/C=C(/C#N)c2nc3ccc(C)cc3[nH]2)c(Br)cc1OCc1ccccc1. The van der Waals surface area contributed by atoms with Gasteiger partial charge in [-0.25, -0.2) is 4.98 Å². The number of aryl methyl sites for hydroxylation is 1. The van der Waals surface area contributed by atoms with Crippen LogP contribution in [0.15, 0.2) is 65.1 Å². The highest BCUT2D eigenvalue weighted by Crippen LogP contribution is 2.36. The quantitative estimate of drug-likeness (QED) is 0.295. The highest BCUT2D eigenvalue weighted by Gasteiger charge is 2.13. The average Bonchev–Trinajstić information content (AvgIpc) is 3.21. The molecule has 5 nitrogen and oxygen atoms in total. The number of rotatable bonds is 7. The van der Waals surface area contributed by atoms with Crippen molar-refractivity contribution in [2.45, 2.75) is 20.5 Å². The summed E-state index contributed by atoms with van der Waals surface area (Å²) in [7, 11) is 0. The third kappa shape index (κ3) is 4.84. The molecule has 0 bridgehead atoms. The maximum atomic E-state index is 9.80. The Morgan fingerprint density at radius 2 is 1.88 bits per heavy atom. The van der Waals surface area contributed by atoms with Crippen molar-refractivity contribution in [1.29, 1.82) is 5.26 Å². The van der Waals surface area contributed by atoms with Gasteiger partial charge in [0.2, 0.25) is 0 Å². The van der Waals surface area contributed by atoms with Gasteiger partial charge in [0, 0.05) is 4.47 Å². The lowest BCUT2D eigenvalue weighted by atomic mass is 10.1. The van der Waals surface area contributed by atoms with E-state index in [1.807, 2.05) is 74.5 Å². The number of aromatic nitrogens is 2. The Morgan fingerprint density at radius 3 is 2.62 bits per heavy atom. The van der Waals surface area contributed by atoms with Gasteiger partial charge in [0.05, 0.1) is 23.2 Å². The van der Waals surface area contributed by atoms with Gasteiger partial charge >= 0.3 is 0 Å². The predicted molar refractivity (Wildman–Crippen MR) is 130 cm³/mol. The van der Waals surface area contributed by atoms with Crippen LogP contribution < -0.4 is 9.47 Å². The molecule has 0 unspecified atom stereocenters. The summed E-state index contributed by atoms with van der Waals surface area (Å²) in [6.07, 6.45) is 1.79. The number of ether oxygens (including phenoxy) is 2. The van der Waals surface area contributed by atoms with E-state index in [1.54, 1.807) is 6.08 Å². The molecule has 160 valence electrons. The Bertz CT molecular complexity index is 1320. The van der Waals surface area contributed by atoms with E-state index in [0.29, 0.717) is 36.1 Å². The van der Waals surface area contributed by atoms with Crippen LogP contribution in [-0.4, -0.2) is 16.6 Å². The molecule has 1 N–H and O–H groups in total. The highest BCUT2D eigenvalue weighted by molar-refractivity contribution is 9.10. The van der Waals surface area contributed by atoms with Crippen molar-refractivity contribution in [2.75, 3.05) is 6.61 Å². The van der Waals surface area contributed by atoms with Crippen molar-refractivity contribution < 1.29 is 9.47 Å². The number of fused-ring (bicyclic) bond motifs is 1. The zero-order valence-corrected chi connectivity index (χ0v) is 19.4. The van der Waals surface area contributed by atoms with Gasteiger partial charge in [-0.3, -0.25) is 0 Å². The van der Waals surface area contributed by atoms with Crippen LogP contribution >= 0.6 is 15.9 Å². The van der Waals surface area contributed by atoms with E-state index in [0.717, 1.165) is 32.2 Å². The first-order valence-corrected chi connectivity index (χ1v) is 11.1. The fourth-order valence-corrected chi connectivity index (χ4v) is 3.77. The molecule has 4 aromatic rings. The molecule has 0 aliphatic carbocycles. The number of halogens is 1. The smallest absolute Gasteiger partial charge is 0.162 e. The monoisotopic (exact) mass is 487 g/mol. The predicted octanol–water partition coefficient (Wildman–Crippen LogP) is 6.68. The van der Waals surface area contributed by atoms with Gasteiger partial charge in [0.25, 0.3) is 0 Å². The van der Waals surface area contributed by atoms with Crippen LogP contribution in [0.4, 0.5) is 0 Å². The number of H-pyrrole nitrogens is 1. The van der Waals surface area contributed by atoms with Crippen LogP contribution in [0.5, 0.6) is 11.5 Å². The molecular weight excluding hydrogens is 466 g/mol. The van der Waals surface area contributed by atoms with E-state index in [9.17, 15) is 5.26 Å². The normalized spacial score (nSPS) is 11.4. The molecule has 4 rings (SSSR count). The lowest BCUT2D eigenvalue weighted by Crippen LogP contribution is -2.00. The van der Waals surface area contributed by atoms with Gasteiger partial charge in [-0.15, -0.1) is 0 Å². The summed E-state index contributed by atoms with van der Waals surface area (Å²) in [5, 5.41) is 9.80. The van der Waals surface area contributed by atoms with Gasteiger partial charge in [-0.05, 0) is 60.9 Å². The van der Waals surface area contributed by atoms with Crippen LogP contribution in [0.1, 0.15) is 29.4 Å². The fraction of sp³-hybridized carbons (Fsp3) is 0.154. The van der Waals surface area contributed by atoms with Crippen molar-refractivity contribution in [3.63, 3.8) is 0 Å². The number of hydrogen-bond donors (Lipinski definition) is 1. The van der Waals surface area contributed by atoms with Crippen LogP contribution in [0.3, 0.4) is 0 Å². The van der Waals surface area contributed by atoms with Crippen molar-refractivity contribution in [1.82, 2.24) is 9.97 Å². The summed E-state index contributed by atoms with van der Waals surface area (Å²) >= 11 is 3.61. The Labute approximate surface area is 195 Å². The molecule has 1 heterocycles. The summed E-state index contributed by atoms with van der Waals surface area (Å²) in [5.74, 6) is 1.79. The lowest BCUT2D eigenvalue weighted by molar-refractivity contribution is 0.269. The topological polar surface area (TPSA) is 70.9 Å². The standard InChI is InChI=1S/C26H22BrN3O2/c1-3-31-24-13-19(21(27)14-25(24)32-16-18-7-5-4-6-8-18)12-20(15-28)26-29-22-10-9-17(2)11-23(22)30-26/h4-14H,3,16H2,1-2H3,(H,29,30)/b20-12-. The van der Waals surface area contributed by atoms with Gasteiger partial charge in [0.15, 0.2) is 11.5 Å². The first kappa shape index (κ1) is 21.7. The second-order valence-electron chi connectivity index (χ2n) is 7.30. The third-order valence-electron chi connectivity index (χ3n) is 4.91. The molecule has 0 atom stereocenters. The Kier molecular flexibility index (Phi) is 6.58. The fourth-order valence-electron chi connectivity index (χ4n) is 3.34. The van der Waals surface area contributed by atoms with E-state index in [-0.39, 0.29) is 0 Å². The number of benzene rings is 3. The van der Waals surface area contributed by atoms with Crippen LogP contribution in [0.2, 0.25) is 0 Å². The molecule has 0 amide bonds. The molecule has 0 aliphatic heterocycles. The number of aromatic amines is 1. The maximum Gasteiger partial charge on any atom is 0.162 e. The Morgan fingerprint density at radius 1 is 1.09 bits per heavy atom. The van der Waals surface area contributed by atoms with Crippen LogP contribution in [-0.2, 0) is 6.61 Å². The molecule has 0 saturated heterocycles. The molecule has 32 heavy (non-hydrogen) atoms. The highest BCUT2D eigenvalue weighted by atomic mass is 79.9. The van der Waals surface area contributed by atoms with Crippen LogP contribution in [0.25, 0.3) is 22.7 Å². The average molecular weight is 488 g/mol. The second-order valence-corrected chi connectivity index (χ2v) is 8.16. The van der Waals surface area contributed by atoms with E-state index in [4.69, 9.17) is 9.47 Å². The minimum atomic E-state index is 0.431. The minimum Gasteiger partial charge on any atom is -0.490 e. The molecule has 1 aromatic heterocycles. The largest absolute Gasteiger partial charge is 0.490 e. The van der Waals surface area contributed by atoms with Crippen molar-refractivity contribution in [2.24, 2.45) is 0 Å². The molecule has 0 radical (unpaired) electrons. The van der Waals surface area contributed by atoms with E-state index in [1.165, 1.54) is 0 Å². The molecule has 0 saturated carbocycles. The number of nitrogens with zero attached hydrogens (tertiary/aromatic N) is 2. The van der Waals surface area contributed by atoms with E-state index in [2.05, 4.69) is 32.0 Å². The van der Waals surface area contributed by atoms with Gasteiger partial charge in [-0.2, -0.15) is 5.26 Å². The van der Waals surface area contributed by atoms with E-state index < -0.39 is 0 Å². The third-order valence-corrected chi connectivity index (χ3v) is 5.60. The zero-order valence-electron chi connectivity index (χ0n) is 17.9. The molecule has 6 heteroatoms. The van der Waals surface area contributed by atoms with E-state index >= 15 is 0 Å². The first-order valence-electron chi connectivity index (χ1n) is 10.3. The summed E-state index contributed by atoms with van der Waals surface area (Å²) in [4.78, 5) is 7.82. The second kappa shape index (κ2) is 9.71. The van der Waals surface area contributed by atoms with Crippen molar-refractivity contribution >= 4 is 38.6 Å². The number of nitriles is 1. The summed E-state index contributed by atoms with van der Waals surface area (Å²) in [6.45, 7) is 4.88. The zero-order chi connectivity index (χ0) is 22.5. The number of imidazole rings is 1. The molecule has 0 spiro atoms. The Hall–Kier alpha value is -3.56. The van der Waals surface area contributed by atoms with Gasteiger partial charge in [0.1, 0.15) is 18.5 Å². The van der Waals surface area contributed by atoms with Crippen molar-refractivity contribution in [3.05, 3.63) is 87.7 Å². The lowest BCUT2D eigenvalue weighted by Gasteiger charge is -2.14. The van der Waals surface area contributed by atoms with Gasteiger partial charge < -0.3 is 14.5 Å². The summed E-state index contributed by atoms with van der Waals surface area (Å²) in [5.41, 5.74) is 5.16. The van der Waals surface area contributed by atoms with Gasteiger partial charge in [-0.1, -0.05) is 52.3 Å². The number of nitrogens with one attached hydrogen (secondary N) is 1. The maximum absolute atomic E-state index is 9.80. The summed E-state index contributed by atoms with van der Waals surface area (Å²) < 4.78 is 12.6. The molecule has 0 fully saturated rings. The first-order chi connectivity index (χ1) is 15.6.